The first-order valence-corrected chi connectivity index (χ1v) is 4.64. The van der Waals surface area contributed by atoms with Crippen LogP contribution in [0.25, 0.3) is 0 Å². The molecule has 68 valence electrons. The zero-order valence-electron chi connectivity index (χ0n) is 7.11. The first kappa shape index (κ1) is 8.17. The number of nitrogens with one attached hydrogen (secondary N) is 1. The summed E-state index contributed by atoms with van der Waals surface area (Å²) in [5, 5.41) is 3.20. The van der Waals surface area contributed by atoms with Gasteiger partial charge in [0.25, 0.3) is 0 Å². The highest BCUT2D eigenvalue weighted by Gasteiger charge is 2.47. The van der Waals surface area contributed by atoms with Crippen LogP contribution in [0.4, 0.5) is 4.39 Å². The van der Waals surface area contributed by atoms with E-state index < -0.39 is 6.17 Å². The number of rotatable bonds is 0. The van der Waals surface area contributed by atoms with Crippen molar-refractivity contribution in [3.05, 3.63) is 0 Å². The van der Waals surface area contributed by atoms with Crippen LogP contribution in [-0.4, -0.2) is 25.0 Å². The SMILES string of the molecule is O=C1C(F)CCC12CCNCC2. The molecule has 2 fully saturated rings. The predicted octanol–water partition coefficient (Wildman–Crippen LogP) is 1.06. The van der Waals surface area contributed by atoms with Gasteiger partial charge in [-0.1, -0.05) is 0 Å². The molecule has 1 saturated carbocycles. The Bertz CT molecular complexity index is 193. The molecule has 1 aliphatic heterocycles. The lowest BCUT2D eigenvalue weighted by molar-refractivity contribution is -0.130. The minimum absolute atomic E-state index is 0.121. The van der Waals surface area contributed by atoms with Gasteiger partial charge in [-0.2, -0.15) is 0 Å². The van der Waals surface area contributed by atoms with Crippen molar-refractivity contribution in [3.63, 3.8) is 0 Å². The Morgan fingerprint density at radius 1 is 1.33 bits per heavy atom. The lowest BCUT2D eigenvalue weighted by Crippen LogP contribution is -2.40. The number of carbonyl (C=O) groups excluding carboxylic acids is 1. The van der Waals surface area contributed by atoms with Gasteiger partial charge in [0.05, 0.1) is 0 Å². The fourth-order valence-corrected chi connectivity index (χ4v) is 2.39. The second kappa shape index (κ2) is 2.80. The summed E-state index contributed by atoms with van der Waals surface area (Å²) in [6.45, 7) is 1.75. The van der Waals surface area contributed by atoms with E-state index in [0.29, 0.717) is 6.42 Å². The summed E-state index contributed by atoms with van der Waals surface area (Å²) >= 11 is 0. The van der Waals surface area contributed by atoms with Crippen LogP contribution in [0.5, 0.6) is 0 Å². The average Bonchev–Trinajstić information content (AvgIpc) is 2.37. The number of hydrogen-bond donors (Lipinski definition) is 1. The van der Waals surface area contributed by atoms with Crippen molar-refractivity contribution in [1.82, 2.24) is 5.32 Å². The molecule has 0 radical (unpaired) electrons. The van der Waals surface area contributed by atoms with Crippen molar-refractivity contribution < 1.29 is 9.18 Å². The highest BCUT2D eigenvalue weighted by molar-refractivity contribution is 5.91. The highest BCUT2D eigenvalue weighted by atomic mass is 19.1. The monoisotopic (exact) mass is 171 g/mol. The third kappa shape index (κ3) is 1.07. The molecule has 0 amide bonds. The van der Waals surface area contributed by atoms with Crippen molar-refractivity contribution in [3.8, 4) is 0 Å². The molecule has 1 N–H and O–H groups in total. The molecule has 2 rings (SSSR count). The van der Waals surface area contributed by atoms with Crippen molar-refractivity contribution in [2.75, 3.05) is 13.1 Å². The molecule has 1 aliphatic carbocycles. The maximum absolute atomic E-state index is 13.0. The number of ketones is 1. The fraction of sp³-hybridized carbons (Fsp3) is 0.889. The minimum Gasteiger partial charge on any atom is -0.317 e. The van der Waals surface area contributed by atoms with Gasteiger partial charge in [-0.15, -0.1) is 0 Å². The van der Waals surface area contributed by atoms with Gasteiger partial charge < -0.3 is 5.32 Å². The summed E-state index contributed by atoms with van der Waals surface area (Å²) in [6, 6.07) is 0. The van der Waals surface area contributed by atoms with E-state index in [1.807, 2.05) is 0 Å². The van der Waals surface area contributed by atoms with Gasteiger partial charge in [-0.3, -0.25) is 4.79 Å². The first-order chi connectivity index (χ1) is 5.75. The average molecular weight is 171 g/mol. The number of alkyl halides is 1. The summed E-state index contributed by atoms with van der Waals surface area (Å²) in [5.74, 6) is -0.121. The number of halogens is 1. The van der Waals surface area contributed by atoms with Crippen molar-refractivity contribution >= 4 is 5.78 Å². The van der Waals surface area contributed by atoms with Crippen LogP contribution in [0.1, 0.15) is 25.7 Å². The second-order valence-corrected chi connectivity index (χ2v) is 3.90. The maximum Gasteiger partial charge on any atom is 0.173 e. The summed E-state index contributed by atoms with van der Waals surface area (Å²) in [6.07, 6.45) is 1.74. The van der Waals surface area contributed by atoms with Gasteiger partial charge in [-0.05, 0) is 38.8 Å². The predicted molar refractivity (Wildman–Crippen MR) is 43.7 cm³/mol. The van der Waals surface area contributed by atoms with Crippen LogP contribution in [0, 0.1) is 5.41 Å². The third-order valence-corrected chi connectivity index (χ3v) is 3.24. The van der Waals surface area contributed by atoms with E-state index in [9.17, 15) is 9.18 Å². The quantitative estimate of drug-likeness (QED) is 0.590. The Kier molecular flexibility index (Phi) is 1.91. The standard InChI is InChI=1S/C9H14FNO/c10-7-1-2-9(8(7)12)3-5-11-6-4-9/h7,11H,1-6H2. The molecule has 0 bridgehead atoms. The molecule has 1 spiro atoms. The summed E-state index contributed by atoms with van der Waals surface area (Å²) in [4.78, 5) is 11.5. The topological polar surface area (TPSA) is 29.1 Å². The minimum atomic E-state index is -1.16. The molecule has 3 heteroatoms. The molecule has 0 aromatic carbocycles. The van der Waals surface area contributed by atoms with E-state index in [4.69, 9.17) is 0 Å². The Balaban J connectivity index is 2.14. The van der Waals surface area contributed by atoms with Crippen LogP contribution in [-0.2, 0) is 4.79 Å². The molecule has 1 saturated heterocycles. The lowest BCUT2D eigenvalue weighted by Gasteiger charge is -2.31. The number of hydrogen-bond acceptors (Lipinski definition) is 2. The zero-order valence-corrected chi connectivity index (χ0v) is 7.11. The molecule has 1 atom stereocenters. The van der Waals surface area contributed by atoms with E-state index in [1.165, 1.54) is 0 Å². The second-order valence-electron chi connectivity index (χ2n) is 3.90. The molecule has 1 heterocycles. The first-order valence-electron chi connectivity index (χ1n) is 4.64. The molecule has 0 aromatic heterocycles. The molecule has 12 heavy (non-hydrogen) atoms. The van der Waals surface area contributed by atoms with Crippen LogP contribution in [0.15, 0.2) is 0 Å². The zero-order chi connectivity index (χ0) is 8.60. The number of piperidine rings is 1. The van der Waals surface area contributed by atoms with Gasteiger partial charge in [0, 0.05) is 5.41 Å². The Morgan fingerprint density at radius 3 is 2.50 bits per heavy atom. The van der Waals surface area contributed by atoms with Gasteiger partial charge >= 0.3 is 0 Å². The van der Waals surface area contributed by atoms with Crippen LogP contribution >= 0.6 is 0 Å². The number of carbonyl (C=O) groups is 1. The molecule has 2 nitrogen and oxygen atoms in total. The largest absolute Gasteiger partial charge is 0.317 e. The number of Topliss-reactive ketones (excluding diaryl/α,β-unsaturated/α-hetero) is 1. The molecular weight excluding hydrogens is 157 g/mol. The van der Waals surface area contributed by atoms with E-state index in [2.05, 4.69) is 5.32 Å². The molecule has 1 unspecified atom stereocenters. The van der Waals surface area contributed by atoms with E-state index in [0.717, 1.165) is 32.4 Å². The van der Waals surface area contributed by atoms with Gasteiger partial charge in [0.15, 0.2) is 12.0 Å². The van der Waals surface area contributed by atoms with E-state index in [1.54, 1.807) is 0 Å². The summed E-state index contributed by atoms with van der Waals surface area (Å²) in [7, 11) is 0. The van der Waals surface area contributed by atoms with Gasteiger partial charge in [-0.25, -0.2) is 4.39 Å². The van der Waals surface area contributed by atoms with E-state index in [-0.39, 0.29) is 11.2 Å². The Morgan fingerprint density at radius 2 is 2.00 bits per heavy atom. The third-order valence-electron chi connectivity index (χ3n) is 3.24. The molecule has 0 aromatic rings. The maximum atomic E-state index is 13.0. The molecule has 2 aliphatic rings. The van der Waals surface area contributed by atoms with E-state index >= 15 is 0 Å². The van der Waals surface area contributed by atoms with Crippen LogP contribution in [0.2, 0.25) is 0 Å². The van der Waals surface area contributed by atoms with Crippen molar-refractivity contribution in [1.29, 1.82) is 0 Å². The fourth-order valence-electron chi connectivity index (χ4n) is 2.39. The van der Waals surface area contributed by atoms with Crippen molar-refractivity contribution in [2.24, 2.45) is 5.41 Å². The highest BCUT2D eigenvalue weighted by Crippen LogP contribution is 2.43. The normalized spacial score (nSPS) is 34.4. The molecular formula is C9H14FNO. The smallest absolute Gasteiger partial charge is 0.173 e. The lowest BCUT2D eigenvalue weighted by atomic mass is 9.77. The van der Waals surface area contributed by atoms with Crippen LogP contribution in [0.3, 0.4) is 0 Å². The summed E-state index contributed by atoms with van der Waals surface area (Å²) in [5.41, 5.74) is -0.273. The van der Waals surface area contributed by atoms with Gasteiger partial charge in [0.2, 0.25) is 0 Å². The van der Waals surface area contributed by atoms with Gasteiger partial charge in [0.1, 0.15) is 0 Å². The van der Waals surface area contributed by atoms with Crippen molar-refractivity contribution in [2.45, 2.75) is 31.9 Å². The Labute approximate surface area is 71.5 Å². The Hall–Kier alpha value is -0.440. The summed E-state index contributed by atoms with van der Waals surface area (Å²) < 4.78 is 13.0. The van der Waals surface area contributed by atoms with Crippen LogP contribution < -0.4 is 5.32 Å².